The van der Waals surface area contributed by atoms with Gasteiger partial charge >= 0.3 is 5.97 Å². The number of carbonyl (C=O) groups is 2. The van der Waals surface area contributed by atoms with Crippen molar-refractivity contribution in [3.63, 3.8) is 0 Å². The molecule has 1 saturated heterocycles. The van der Waals surface area contributed by atoms with E-state index in [1.165, 1.54) is 0 Å². The molecule has 2 rings (SSSR count). The molecule has 1 atom stereocenters. The van der Waals surface area contributed by atoms with Crippen molar-refractivity contribution < 1.29 is 14.7 Å². The highest BCUT2D eigenvalue weighted by molar-refractivity contribution is 5.78. The Bertz CT molecular complexity index is 469. The number of aromatic nitrogens is 2. The lowest BCUT2D eigenvalue weighted by Crippen LogP contribution is -2.29. The molecule has 1 fully saturated rings. The summed E-state index contributed by atoms with van der Waals surface area (Å²) in [5.41, 5.74) is 0. The lowest BCUT2D eigenvalue weighted by atomic mass is 10.1. The zero-order chi connectivity index (χ0) is 13.8. The molecule has 0 bridgehead atoms. The first-order chi connectivity index (χ1) is 9.08. The minimum atomic E-state index is -0.802. The molecule has 6 heteroatoms. The third-order valence-electron chi connectivity index (χ3n) is 3.60. The minimum Gasteiger partial charge on any atom is -0.481 e. The lowest BCUT2D eigenvalue weighted by Gasteiger charge is -2.15. The standard InChI is InChI=1S/C13H19N3O3/c1-10-14-5-8-15(10)6-2-3-12(17)16-7-4-11(9-16)13(18)19/h5,8,11H,2-4,6-7,9H2,1H3,(H,18,19). The van der Waals surface area contributed by atoms with E-state index in [1.807, 2.05) is 17.7 Å². The number of aryl methyl sites for hydroxylation is 2. The number of carboxylic acids is 1. The van der Waals surface area contributed by atoms with Crippen LogP contribution in [0.1, 0.15) is 25.1 Å². The molecule has 1 aliphatic heterocycles. The first-order valence-corrected chi connectivity index (χ1v) is 6.56. The second kappa shape index (κ2) is 5.86. The molecule has 1 amide bonds. The first kappa shape index (κ1) is 13.6. The van der Waals surface area contributed by atoms with Crippen LogP contribution in [0.3, 0.4) is 0 Å². The van der Waals surface area contributed by atoms with Crippen LogP contribution in [0.25, 0.3) is 0 Å². The molecule has 104 valence electrons. The average Bonchev–Trinajstić information content (AvgIpc) is 2.98. The number of amides is 1. The van der Waals surface area contributed by atoms with E-state index in [4.69, 9.17) is 5.11 Å². The Hall–Kier alpha value is -1.85. The third kappa shape index (κ3) is 3.33. The summed E-state index contributed by atoms with van der Waals surface area (Å²) < 4.78 is 2.01. The zero-order valence-electron chi connectivity index (χ0n) is 11.1. The van der Waals surface area contributed by atoms with Gasteiger partial charge in [0.15, 0.2) is 0 Å². The highest BCUT2D eigenvalue weighted by Crippen LogP contribution is 2.17. The Kier molecular flexibility index (Phi) is 4.19. The number of hydrogen-bond acceptors (Lipinski definition) is 3. The predicted molar refractivity (Wildman–Crippen MR) is 68.5 cm³/mol. The van der Waals surface area contributed by atoms with Gasteiger partial charge in [-0.25, -0.2) is 4.98 Å². The maximum absolute atomic E-state index is 11.9. The Morgan fingerprint density at radius 2 is 2.32 bits per heavy atom. The van der Waals surface area contributed by atoms with Crippen molar-refractivity contribution in [3.05, 3.63) is 18.2 Å². The first-order valence-electron chi connectivity index (χ1n) is 6.56. The van der Waals surface area contributed by atoms with Crippen LogP contribution >= 0.6 is 0 Å². The van der Waals surface area contributed by atoms with Crippen molar-refractivity contribution >= 4 is 11.9 Å². The molecule has 0 aliphatic carbocycles. The quantitative estimate of drug-likeness (QED) is 0.858. The molecule has 1 aromatic rings. The summed E-state index contributed by atoms with van der Waals surface area (Å²) in [5, 5.41) is 8.90. The molecule has 2 heterocycles. The van der Waals surface area contributed by atoms with E-state index in [2.05, 4.69) is 4.98 Å². The maximum Gasteiger partial charge on any atom is 0.308 e. The summed E-state index contributed by atoms with van der Waals surface area (Å²) in [5.74, 6) is -0.190. The van der Waals surface area contributed by atoms with E-state index in [0.29, 0.717) is 25.9 Å². The van der Waals surface area contributed by atoms with E-state index >= 15 is 0 Å². The van der Waals surface area contributed by atoms with Crippen LogP contribution in [0.5, 0.6) is 0 Å². The molecule has 0 saturated carbocycles. The number of carboxylic acid groups (broad SMARTS) is 1. The second-order valence-electron chi connectivity index (χ2n) is 4.93. The molecule has 1 aromatic heterocycles. The topological polar surface area (TPSA) is 75.4 Å². The predicted octanol–water partition coefficient (Wildman–Crippen LogP) is 0.905. The smallest absolute Gasteiger partial charge is 0.308 e. The molecule has 0 aromatic carbocycles. The molecule has 1 N–H and O–H groups in total. The molecular weight excluding hydrogens is 246 g/mol. The fourth-order valence-electron chi connectivity index (χ4n) is 2.39. The average molecular weight is 265 g/mol. The summed E-state index contributed by atoms with van der Waals surface area (Å²) in [6, 6.07) is 0. The second-order valence-corrected chi connectivity index (χ2v) is 4.93. The summed E-state index contributed by atoms with van der Waals surface area (Å²) >= 11 is 0. The van der Waals surface area contributed by atoms with Crippen LogP contribution in [0.4, 0.5) is 0 Å². The number of aliphatic carboxylic acids is 1. The van der Waals surface area contributed by atoms with Gasteiger partial charge in [-0.15, -0.1) is 0 Å². The molecule has 19 heavy (non-hydrogen) atoms. The van der Waals surface area contributed by atoms with E-state index < -0.39 is 5.97 Å². The van der Waals surface area contributed by atoms with Gasteiger partial charge in [-0.3, -0.25) is 9.59 Å². The number of nitrogens with zero attached hydrogens (tertiary/aromatic N) is 3. The molecular formula is C13H19N3O3. The molecule has 0 radical (unpaired) electrons. The highest BCUT2D eigenvalue weighted by atomic mass is 16.4. The Balaban J connectivity index is 1.73. The Morgan fingerprint density at radius 1 is 1.53 bits per heavy atom. The van der Waals surface area contributed by atoms with Crippen LogP contribution in [-0.4, -0.2) is 44.5 Å². The van der Waals surface area contributed by atoms with Crippen molar-refractivity contribution in [3.8, 4) is 0 Å². The fourth-order valence-corrected chi connectivity index (χ4v) is 2.39. The van der Waals surface area contributed by atoms with Crippen LogP contribution < -0.4 is 0 Å². The number of imidazole rings is 1. The Morgan fingerprint density at radius 3 is 2.89 bits per heavy atom. The van der Waals surface area contributed by atoms with Gasteiger partial charge in [-0.05, 0) is 19.8 Å². The van der Waals surface area contributed by atoms with Crippen molar-refractivity contribution in [2.24, 2.45) is 5.92 Å². The van der Waals surface area contributed by atoms with Crippen LogP contribution in [0.15, 0.2) is 12.4 Å². The number of rotatable bonds is 5. The van der Waals surface area contributed by atoms with Crippen LogP contribution in [-0.2, 0) is 16.1 Å². The summed E-state index contributed by atoms with van der Waals surface area (Å²) in [7, 11) is 0. The van der Waals surface area contributed by atoms with Gasteiger partial charge in [-0.1, -0.05) is 0 Å². The van der Waals surface area contributed by atoms with Crippen molar-refractivity contribution in [1.29, 1.82) is 0 Å². The molecule has 6 nitrogen and oxygen atoms in total. The van der Waals surface area contributed by atoms with Crippen molar-refractivity contribution in [1.82, 2.24) is 14.5 Å². The fraction of sp³-hybridized carbons (Fsp3) is 0.615. The van der Waals surface area contributed by atoms with Crippen LogP contribution in [0, 0.1) is 12.8 Å². The van der Waals surface area contributed by atoms with E-state index in [1.54, 1.807) is 11.1 Å². The van der Waals surface area contributed by atoms with E-state index in [0.717, 1.165) is 18.8 Å². The van der Waals surface area contributed by atoms with Gasteiger partial charge in [0.05, 0.1) is 5.92 Å². The maximum atomic E-state index is 11.9. The highest BCUT2D eigenvalue weighted by Gasteiger charge is 2.30. The van der Waals surface area contributed by atoms with Crippen LogP contribution in [0.2, 0.25) is 0 Å². The van der Waals surface area contributed by atoms with E-state index in [9.17, 15) is 9.59 Å². The van der Waals surface area contributed by atoms with Crippen molar-refractivity contribution in [2.75, 3.05) is 13.1 Å². The molecule has 0 spiro atoms. The van der Waals surface area contributed by atoms with Gasteiger partial charge in [0.1, 0.15) is 5.82 Å². The molecule has 1 aliphatic rings. The summed E-state index contributed by atoms with van der Waals surface area (Å²) in [6.45, 7) is 3.63. The van der Waals surface area contributed by atoms with Gasteiger partial charge in [0, 0.05) is 38.4 Å². The summed E-state index contributed by atoms with van der Waals surface area (Å²) in [6.07, 6.45) is 5.43. The monoisotopic (exact) mass is 265 g/mol. The van der Waals surface area contributed by atoms with Gasteiger partial charge < -0.3 is 14.6 Å². The Labute approximate surface area is 112 Å². The lowest BCUT2D eigenvalue weighted by molar-refractivity contribution is -0.141. The number of likely N-dealkylation sites (tertiary alicyclic amines) is 1. The van der Waals surface area contributed by atoms with Gasteiger partial charge in [0.25, 0.3) is 0 Å². The normalized spacial score (nSPS) is 18.8. The summed E-state index contributed by atoms with van der Waals surface area (Å²) in [4.78, 5) is 28.6. The largest absolute Gasteiger partial charge is 0.481 e. The third-order valence-corrected chi connectivity index (χ3v) is 3.60. The van der Waals surface area contributed by atoms with E-state index in [-0.39, 0.29) is 11.8 Å². The van der Waals surface area contributed by atoms with Crippen molar-refractivity contribution in [2.45, 2.75) is 32.7 Å². The number of carbonyl (C=O) groups excluding carboxylic acids is 1. The molecule has 1 unspecified atom stereocenters. The number of hydrogen-bond donors (Lipinski definition) is 1. The minimum absolute atomic E-state index is 0.0570. The zero-order valence-corrected chi connectivity index (χ0v) is 11.1. The van der Waals surface area contributed by atoms with Gasteiger partial charge in [0.2, 0.25) is 5.91 Å². The van der Waals surface area contributed by atoms with Gasteiger partial charge in [-0.2, -0.15) is 0 Å². The SMILES string of the molecule is Cc1nccn1CCCC(=O)N1CCC(C(=O)O)C1.